The fraction of sp³-hybridized carbons (Fsp3) is 0.100. The Bertz CT molecular complexity index is 430. The number of nitrogens with zero attached hydrogens (tertiary/aromatic N) is 2. The first kappa shape index (κ1) is 9.93. The zero-order valence-corrected chi connectivity index (χ0v) is 7.56. The molecule has 0 atom stereocenters. The van der Waals surface area contributed by atoms with Gasteiger partial charge in [-0.2, -0.15) is 5.26 Å². The number of pyridine rings is 1. The van der Waals surface area contributed by atoms with Crippen molar-refractivity contribution in [3.05, 3.63) is 35.2 Å². The fourth-order valence-corrected chi connectivity index (χ4v) is 0.943. The van der Waals surface area contributed by atoms with Gasteiger partial charge in [-0.25, -0.2) is 4.79 Å². The van der Waals surface area contributed by atoms with Gasteiger partial charge < -0.3 is 5.11 Å². The molecule has 0 aliphatic rings. The summed E-state index contributed by atoms with van der Waals surface area (Å²) < 4.78 is 0. The van der Waals surface area contributed by atoms with E-state index in [1.807, 2.05) is 0 Å². The number of aromatic nitrogens is 1. The van der Waals surface area contributed by atoms with Crippen molar-refractivity contribution >= 4 is 12.0 Å². The number of nitriles is 1. The summed E-state index contributed by atoms with van der Waals surface area (Å²) in [6.45, 7) is 1.80. The lowest BCUT2D eigenvalue weighted by atomic mass is 10.1. The summed E-state index contributed by atoms with van der Waals surface area (Å²) in [7, 11) is 0. The van der Waals surface area contributed by atoms with Crippen LogP contribution in [-0.4, -0.2) is 16.1 Å². The van der Waals surface area contributed by atoms with Crippen molar-refractivity contribution in [2.45, 2.75) is 6.92 Å². The second-order valence-corrected chi connectivity index (χ2v) is 2.71. The van der Waals surface area contributed by atoms with Crippen LogP contribution in [0.1, 0.15) is 11.1 Å². The lowest BCUT2D eigenvalue weighted by Crippen LogP contribution is -1.97. The molecule has 0 aliphatic heterocycles. The van der Waals surface area contributed by atoms with E-state index in [1.54, 1.807) is 31.5 Å². The van der Waals surface area contributed by atoms with E-state index < -0.39 is 5.97 Å². The highest BCUT2D eigenvalue weighted by molar-refractivity contribution is 5.96. The van der Waals surface area contributed by atoms with Gasteiger partial charge in [0.15, 0.2) is 0 Å². The summed E-state index contributed by atoms with van der Waals surface area (Å²) in [5, 5.41) is 17.2. The first-order valence-corrected chi connectivity index (χ1v) is 3.91. The van der Waals surface area contributed by atoms with Crippen LogP contribution in [0.4, 0.5) is 0 Å². The standard InChI is InChI=1S/C10H8N2O2/c1-7-6-12-3-2-8(7)4-9(5-11)10(13)14/h2-4,6H,1H3,(H,13,14)/b9-4-. The van der Waals surface area contributed by atoms with Crippen molar-refractivity contribution in [3.8, 4) is 6.07 Å². The number of rotatable bonds is 2. The van der Waals surface area contributed by atoms with Crippen molar-refractivity contribution in [1.29, 1.82) is 5.26 Å². The molecular weight excluding hydrogens is 180 g/mol. The average Bonchev–Trinajstić information content (AvgIpc) is 2.16. The molecule has 4 heteroatoms. The van der Waals surface area contributed by atoms with E-state index in [0.717, 1.165) is 5.56 Å². The van der Waals surface area contributed by atoms with Gasteiger partial charge in [0, 0.05) is 12.4 Å². The van der Waals surface area contributed by atoms with E-state index in [-0.39, 0.29) is 5.57 Å². The molecule has 1 N–H and O–H groups in total. The van der Waals surface area contributed by atoms with Crippen LogP contribution in [0.5, 0.6) is 0 Å². The van der Waals surface area contributed by atoms with Crippen LogP contribution in [-0.2, 0) is 4.79 Å². The molecule has 0 aliphatic carbocycles. The fourth-order valence-electron chi connectivity index (χ4n) is 0.943. The highest BCUT2D eigenvalue weighted by atomic mass is 16.4. The Balaban J connectivity index is 3.15. The summed E-state index contributed by atoms with van der Waals surface area (Å²) in [5.74, 6) is -1.22. The molecule has 0 aromatic carbocycles. The van der Waals surface area contributed by atoms with Crippen molar-refractivity contribution in [1.82, 2.24) is 4.98 Å². The largest absolute Gasteiger partial charge is 0.477 e. The van der Waals surface area contributed by atoms with Gasteiger partial charge >= 0.3 is 5.97 Å². The third-order valence-electron chi connectivity index (χ3n) is 1.71. The number of hydrogen-bond donors (Lipinski definition) is 1. The van der Waals surface area contributed by atoms with Gasteiger partial charge in [0.1, 0.15) is 11.6 Å². The number of hydrogen-bond acceptors (Lipinski definition) is 3. The van der Waals surface area contributed by atoms with Crippen LogP contribution in [0.2, 0.25) is 0 Å². The quantitative estimate of drug-likeness (QED) is 0.562. The normalized spacial score (nSPS) is 10.7. The average molecular weight is 188 g/mol. The number of carbonyl (C=O) groups is 1. The Labute approximate surface area is 81.1 Å². The predicted molar refractivity (Wildman–Crippen MR) is 50.2 cm³/mol. The molecule has 1 aromatic rings. The van der Waals surface area contributed by atoms with E-state index in [2.05, 4.69) is 4.98 Å². The molecule has 0 saturated carbocycles. The molecule has 1 aromatic heterocycles. The van der Waals surface area contributed by atoms with Gasteiger partial charge in [-0.1, -0.05) is 0 Å². The summed E-state index contributed by atoms with van der Waals surface area (Å²) in [6.07, 6.45) is 4.50. The Morgan fingerprint density at radius 1 is 1.71 bits per heavy atom. The van der Waals surface area contributed by atoms with E-state index in [0.29, 0.717) is 5.56 Å². The van der Waals surface area contributed by atoms with Gasteiger partial charge in [0.2, 0.25) is 0 Å². The first-order chi connectivity index (χ1) is 6.65. The minimum absolute atomic E-state index is 0.278. The summed E-state index contributed by atoms with van der Waals surface area (Å²) in [6, 6.07) is 3.28. The van der Waals surface area contributed by atoms with Crippen LogP contribution in [0.25, 0.3) is 6.08 Å². The molecular formula is C10H8N2O2. The topological polar surface area (TPSA) is 74.0 Å². The Hall–Kier alpha value is -2.15. The Morgan fingerprint density at radius 3 is 2.93 bits per heavy atom. The SMILES string of the molecule is Cc1cnccc1/C=C(/C#N)C(=O)O. The number of carboxylic acid groups (broad SMARTS) is 1. The van der Waals surface area contributed by atoms with Crippen LogP contribution < -0.4 is 0 Å². The molecule has 1 rings (SSSR count). The van der Waals surface area contributed by atoms with Gasteiger partial charge in [-0.15, -0.1) is 0 Å². The molecule has 4 nitrogen and oxygen atoms in total. The van der Waals surface area contributed by atoms with Crippen LogP contribution >= 0.6 is 0 Å². The van der Waals surface area contributed by atoms with Crippen molar-refractivity contribution in [3.63, 3.8) is 0 Å². The lowest BCUT2D eigenvalue weighted by Gasteiger charge is -1.97. The second kappa shape index (κ2) is 4.19. The van der Waals surface area contributed by atoms with Crippen LogP contribution in [0, 0.1) is 18.3 Å². The summed E-state index contributed by atoms with van der Waals surface area (Å²) in [5.41, 5.74) is 1.25. The minimum Gasteiger partial charge on any atom is -0.477 e. The van der Waals surface area contributed by atoms with E-state index in [4.69, 9.17) is 10.4 Å². The molecule has 0 fully saturated rings. The summed E-state index contributed by atoms with van der Waals surface area (Å²) >= 11 is 0. The number of aliphatic carboxylic acids is 1. The maximum absolute atomic E-state index is 10.5. The van der Waals surface area contributed by atoms with Crippen LogP contribution in [0.3, 0.4) is 0 Å². The second-order valence-electron chi connectivity index (χ2n) is 2.71. The van der Waals surface area contributed by atoms with E-state index in [9.17, 15) is 4.79 Å². The first-order valence-electron chi connectivity index (χ1n) is 3.91. The van der Waals surface area contributed by atoms with Crippen LogP contribution in [0.15, 0.2) is 24.0 Å². The third-order valence-corrected chi connectivity index (χ3v) is 1.71. The number of aryl methyl sites for hydroxylation is 1. The summed E-state index contributed by atoms with van der Waals surface area (Å²) in [4.78, 5) is 14.4. The zero-order chi connectivity index (χ0) is 10.6. The molecule has 0 amide bonds. The van der Waals surface area contributed by atoms with Crippen molar-refractivity contribution < 1.29 is 9.90 Å². The molecule has 14 heavy (non-hydrogen) atoms. The third kappa shape index (κ3) is 2.17. The molecule has 0 radical (unpaired) electrons. The van der Waals surface area contributed by atoms with E-state index >= 15 is 0 Å². The molecule has 0 bridgehead atoms. The highest BCUT2D eigenvalue weighted by Crippen LogP contribution is 2.10. The van der Waals surface area contributed by atoms with Gasteiger partial charge in [-0.3, -0.25) is 4.98 Å². The maximum Gasteiger partial charge on any atom is 0.346 e. The Kier molecular flexibility index (Phi) is 2.97. The van der Waals surface area contributed by atoms with Gasteiger partial charge in [0.05, 0.1) is 0 Å². The minimum atomic E-state index is -1.22. The maximum atomic E-state index is 10.5. The van der Waals surface area contributed by atoms with E-state index in [1.165, 1.54) is 6.08 Å². The molecule has 70 valence electrons. The smallest absolute Gasteiger partial charge is 0.346 e. The molecule has 1 heterocycles. The van der Waals surface area contributed by atoms with Crippen molar-refractivity contribution in [2.75, 3.05) is 0 Å². The predicted octanol–water partition coefficient (Wildman–Crippen LogP) is 1.38. The number of carboxylic acids is 1. The van der Waals surface area contributed by atoms with Gasteiger partial charge in [-0.05, 0) is 30.2 Å². The zero-order valence-electron chi connectivity index (χ0n) is 7.56. The molecule has 0 unspecified atom stereocenters. The lowest BCUT2D eigenvalue weighted by molar-refractivity contribution is -0.132. The highest BCUT2D eigenvalue weighted by Gasteiger charge is 2.06. The monoisotopic (exact) mass is 188 g/mol. The Morgan fingerprint density at radius 2 is 2.43 bits per heavy atom. The molecule has 0 spiro atoms. The van der Waals surface area contributed by atoms with Crippen molar-refractivity contribution in [2.24, 2.45) is 0 Å². The van der Waals surface area contributed by atoms with Gasteiger partial charge in [0.25, 0.3) is 0 Å². The molecule has 0 saturated heterocycles.